The van der Waals surface area contributed by atoms with Gasteiger partial charge in [-0.15, -0.1) is 0 Å². The van der Waals surface area contributed by atoms with Crippen molar-refractivity contribution in [3.63, 3.8) is 0 Å². The molecule has 0 bridgehead atoms. The highest BCUT2D eigenvalue weighted by atomic mass is 19.1. The Hall–Kier alpha value is -2.73. The molecule has 1 fully saturated rings. The van der Waals surface area contributed by atoms with Gasteiger partial charge < -0.3 is 14.8 Å². The molecule has 0 radical (unpaired) electrons. The van der Waals surface area contributed by atoms with Crippen LogP contribution in [0.2, 0.25) is 0 Å². The summed E-state index contributed by atoms with van der Waals surface area (Å²) < 4.78 is 16.2. The van der Waals surface area contributed by atoms with Crippen LogP contribution in [0.5, 0.6) is 0 Å². The molecule has 0 atom stereocenters. The number of rotatable bonds is 4. The van der Waals surface area contributed by atoms with Crippen molar-refractivity contribution in [1.29, 1.82) is 0 Å². The first-order valence-corrected chi connectivity index (χ1v) is 8.25. The number of pyridine rings is 1. The molecule has 3 aromatic rings. The number of carbonyl (C=O) groups is 1. The van der Waals surface area contributed by atoms with E-state index in [1.165, 1.54) is 6.07 Å². The summed E-state index contributed by atoms with van der Waals surface area (Å²) in [5, 5.41) is 12.4. The number of benzene rings is 1. The summed E-state index contributed by atoms with van der Waals surface area (Å²) in [6, 6.07) is 6.76. The molecular formula is C19H18FN3O2. The number of amides is 1. The van der Waals surface area contributed by atoms with Crippen molar-refractivity contribution < 1.29 is 14.3 Å². The first kappa shape index (κ1) is 15.8. The molecule has 2 N–H and O–H groups in total. The molecule has 5 nitrogen and oxygen atoms in total. The number of carbonyl (C=O) groups excluding carboxylic acids is 1. The van der Waals surface area contributed by atoms with Crippen molar-refractivity contribution in [2.45, 2.75) is 26.4 Å². The molecule has 0 saturated heterocycles. The summed E-state index contributed by atoms with van der Waals surface area (Å²) in [5.41, 5.74) is 2.99. The van der Waals surface area contributed by atoms with E-state index in [0.29, 0.717) is 28.2 Å². The van der Waals surface area contributed by atoms with Gasteiger partial charge in [0.15, 0.2) is 5.82 Å². The van der Waals surface area contributed by atoms with Crippen molar-refractivity contribution in [2.24, 2.45) is 5.92 Å². The van der Waals surface area contributed by atoms with Gasteiger partial charge in [0.25, 0.3) is 0 Å². The number of hydrogen-bond donors (Lipinski definition) is 2. The van der Waals surface area contributed by atoms with Gasteiger partial charge in [-0.3, -0.25) is 4.79 Å². The summed E-state index contributed by atoms with van der Waals surface area (Å²) in [4.78, 5) is 16.2. The van der Waals surface area contributed by atoms with Crippen LogP contribution in [-0.2, 0) is 11.4 Å². The lowest BCUT2D eigenvalue weighted by atomic mass is 9.98. The number of hydrogen-bond acceptors (Lipinski definition) is 3. The smallest absolute Gasteiger partial charge is 0.228 e. The van der Waals surface area contributed by atoms with Gasteiger partial charge >= 0.3 is 0 Å². The average Bonchev–Trinajstić information content (AvgIpc) is 3.34. The van der Waals surface area contributed by atoms with E-state index in [-0.39, 0.29) is 24.2 Å². The maximum absolute atomic E-state index is 14.5. The maximum Gasteiger partial charge on any atom is 0.228 e. The minimum Gasteiger partial charge on any atom is -0.392 e. The van der Waals surface area contributed by atoms with E-state index >= 15 is 0 Å². The van der Waals surface area contributed by atoms with Crippen molar-refractivity contribution >= 4 is 17.4 Å². The molecule has 1 aliphatic rings. The van der Waals surface area contributed by atoms with Crippen molar-refractivity contribution in [3.05, 3.63) is 53.6 Å². The molecule has 1 amide bonds. The zero-order chi connectivity index (χ0) is 17.6. The lowest BCUT2D eigenvalue weighted by Gasteiger charge is -2.11. The summed E-state index contributed by atoms with van der Waals surface area (Å²) in [6.07, 6.45) is 5.33. The Morgan fingerprint density at radius 2 is 2.16 bits per heavy atom. The average molecular weight is 339 g/mol. The highest BCUT2D eigenvalue weighted by molar-refractivity contribution is 5.93. The van der Waals surface area contributed by atoms with Gasteiger partial charge in [0, 0.05) is 23.2 Å². The zero-order valence-corrected chi connectivity index (χ0v) is 13.8. The van der Waals surface area contributed by atoms with E-state index < -0.39 is 0 Å². The fourth-order valence-corrected chi connectivity index (χ4v) is 3.04. The molecule has 128 valence electrons. The monoisotopic (exact) mass is 339 g/mol. The molecule has 0 aliphatic heterocycles. The number of anilines is 1. The molecule has 0 unspecified atom stereocenters. The van der Waals surface area contributed by atoms with E-state index in [2.05, 4.69) is 10.3 Å². The van der Waals surface area contributed by atoms with Gasteiger partial charge in [0.2, 0.25) is 5.91 Å². The fraction of sp³-hybridized carbons (Fsp3) is 0.263. The second kappa shape index (κ2) is 5.97. The number of nitrogens with zero attached hydrogens (tertiary/aromatic N) is 2. The van der Waals surface area contributed by atoms with Crippen LogP contribution in [0, 0.1) is 18.7 Å². The molecule has 2 heterocycles. The Morgan fingerprint density at radius 1 is 1.36 bits per heavy atom. The highest BCUT2D eigenvalue weighted by Crippen LogP contribution is 2.31. The predicted molar refractivity (Wildman–Crippen MR) is 92.6 cm³/mol. The van der Waals surface area contributed by atoms with Crippen LogP contribution in [0.1, 0.15) is 24.0 Å². The van der Waals surface area contributed by atoms with E-state index in [1.54, 1.807) is 41.9 Å². The molecule has 1 aromatic carbocycles. The van der Waals surface area contributed by atoms with Gasteiger partial charge in [-0.05, 0) is 49.1 Å². The third-order valence-corrected chi connectivity index (χ3v) is 4.43. The van der Waals surface area contributed by atoms with Crippen LogP contribution in [0.4, 0.5) is 10.2 Å². The van der Waals surface area contributed by atoms with Crippen LogP contribution >= 0.6 is 0 Å². The van der Waals surface area contributed by atoms with E-state index in [0.717, 1.165) is 18.4 Å². The first-order valence-electron chi connectivity index (χ1n) is 8.25. The van der Waals surface area contributed by atoms with Crippen LogP contribution < -0.4 is 5.32 Å². The van der Waals surface area contributed by atoms with E-state index in [1.807, 2.05) is 0 Å². The van der Waals surface area contributed by atoms with E-state index in [9.17, 15) is 14.3 Å². The fourth-order valence-electron chi connectivity index (χ4n) is 3.04. The van der Waals surface area contributed by atoms with Gasteiger partial charge in [-0.25, -0.2) is 9.37 Å². The Kier molecular flexibility index (Phi) is 3.77. The number of aryl methyl sites for hydroxylation is 1. The molecule has 25 heavy (non-hydrogen) atoms. The molecule has 4 rings (SSSR count). The maximum atomic E-state index is 14.5. The third kappa shape index (κ3) is 3.00. The van der Waals surface area contributed by atoms with E-state index in [4.69, 9.17) is 0 Å². The SMILES string of the molecule is Cc1cc(F)c(-c2ccc3nc(NC(=O)C4CC4)cn3c2)c(CO)c1. The Bertz CT molecular complexity index is 976. The molecule has 6 heteroatoms. The summed E-state index contributed by atoms with van der Waals surface area (Å²) >= 11 is 0. The van der Waals surface area contributed by atoms with Crippen LogP contribution in [0.25, 0.3) is 16.8 Å². The lowest BCUT2D eigenvalue weighted by Crippen LogP contribution is -2.13. The molecule has 0 spiro atoms. The first-order chi connectivity index (χ1) is 12.0. The van der Waals surface area contributed by atoms with Crippen molar-refractivity contribution in [1.82, 2.24) is 9.38 Å². The number of aliphatic hydroxyl groups excluding tert-OH is 1. The molecule has 1 saturated carbocycles. The molecular weight excluding hydrogens is 321 g/mol. The number of fused-ring (bicyclic) bond motifs is 1. The Balaban J connectivity index is 1.73. The number of imidazole rings is 1. The number of aliphatic hydroxyl groups is 1. The van der Waals surface area contributed by atoms with Gasteiger partial charge in [-0.2, -0.15) is 0 Å². The zero-order valence-electron chi connectivity index (χ0n) is 13.8. The van der Waals surface area contributed by atoms with Crippen LogP contribution in [-0.4, -0.2) is 20.4 Å². The highest BCUT2D eigenvalue weighted by Gasteiger charge is 2.30. The van der Waals surface area contributed by atoms with Crippen molar-refractivity contribution in [3.8, 4) is 11.1 Å². The normalized spacial score (nSPS) is 14.0. The standard InChI is InChI=1S/C19H18FN3O2/c1-11-6-14(10-24)18(15(20)7-11)13-4-5-17-21-16(9-23(17)8-13)22-19(25)12-2-3-12/h4-9,12,24H,2-3,10H2,1H3,(H,22,25). The van der Waals surface area contributed by atoms with Gasteiger partial charge in [0.05, 0.1) is 12.8 Å². The number of aromatic nitrogens is 2. The molecule has 1 aliphatic carbocycles. The van der Waals surface area contributed by atoms with Gasteiger partial charge in [0.1, 0.15) is 11.5 Å². The number of halogens is 1. The predicted octanol–water partition coefficient (Wildman–Crippen LogP) is 3.29. The number of nitrogens with one attached hydrogen (secondary N) is 1. The van der Waals surface area contributed by atoms with Crippen LogP contribution in [0.15, 0.2) is 36.7 Å². The lowest BCUT2D eigenvalue weighted by molar-refractivity contribution is -0.117. The van der Waals surface area contributed by atoms with Crippen LogP contribution in [0.3, 0.4) is 0 Å². The van der Waals surface area contributed by atoms with Gasteiger partial charge in [-0.1, -0.05) is 6.07 Å². The van der Waals surface area contributed by atoms with Crippen molar-refractivity contribution in [2.75, 3.05) is 5.32 Å². The quantitative estimate of drug-likeness (QED) is 0.766. The summed E-state index contributed by atoms with van der Waals surface area (Å²) in [6.45, 7) is 1.55. The minimum atomic E-state index is -0.370. The third-order valence-electron chi connectivity index (χ3n) is 4.43. The second-order valence-corrected chi connectivity index (χ2v) is 6.51. The summed E-state index contributed by atoms with van der Waals surface area (Å²) in [7, 11) is 0. The Labute approximate surface area is 144 Å². The topological polar surface area (TPSA) is 66.6 Å². The molecule has 2 aromatic heterocycles. The largest absolute Gasteiger partial charge is 0.392 e. The second-order valence-electron chi connectivity index (χ2n) is 6.51. The summed E-state index contributed by atoms with van der Waals surface area (Å²) in [5.74, 6) is 0.219. The minimum absolute atomic E-state index is 0.00391. The Morgan fingerprint density at radius 3 is 2.88 bits per heavy atom.